The SMILES string of the molecule is CN(C)Cc1cccc(-c2cc(N)n(C)n2)c1. The Morgan fingerprint density at radius 3 is 2.65 bits per heavy atom. The zero-order valence-corrected chi connectivity index (χ0v) is 10.5. The number of nitrogens with two attached hydrogens (primary N) is 1. The van der Waals surface area contributed by atoms with Gasteiger partial charge in [-0.05, 0) is 25.7 Å². The molecule has 1 aromatic heterocycles. The maximum absolute atomic E-state index is 5.79. The zero-order chi connectivity index (χ0) is 12.4. The smallest absolute Gasteiger partial charge is 0.121 e. The highest BCUT2D eigenvalue weighted by atomic mass is 15.3. The van der Waals surface area contributed by atoms with Crippen LogP contribution in [0, 0.1) is 0 Å². The molecule has 0 saturated carbocycles. The van der Waals surface area contributed by atoms with Gasteiger partial charge in [0, 0.05) is 25.2 Å². The lowest BCUT2D eigenvalue weighted by Gasteiger charge is -2.10. The summed E-state index contributed by atoms with van der Waals surface area (Å²) in [5, 5.41) is 4.38. The number of aromatic nitrogens is 2. The highest BCUT2D eigenvalue weighted by Gasteiger charge is 2.05. The summed E-state index contributed by atoms with van der Waals surface area (Å²) in [6.45, 7) is 0.927. The second-order valence-corrected chi connectivity index (χ2v) is 4.52. The van der Waals surface area contributed by atoms with Crippen LogP contribution in [0.5, 0.6) is 0 Å². The lowest BCUT2D eigenvalue weighted by Crippen LogP contribution is -2.10. The van der Waals surface area contributed by atoms with Gasteiger partial charge in [-0.25, -0.2) is 0 Å². The summed E-state index contributed by atoms with van der Waals surface area (Å²) in [5.74, 6) is 0.679. The molecule has 4 nitrogen and oxygen atoms in total. The molecule has 0 aliphatic rings. The molecule has 1 heterocycles. The molecule has 0 aliphatic carbocycles. The molecule has 0 saturated heterocycles. The van der Waals surface area contributed by atoms with Gasteiger partial charge < -0.3 is 10.6 Å². The van der Waals surface area contributed by atoms with E-state index in [-0.39, 0.29) is 0 Å². The van der Waals surface area contributed by atoms with E-state index in [1.807, 2.05) is 13.1 Å². The summed E-state index contributed by atoms with van der Waals surface area (Å²) >= 11 is 0. The normalized spacial score (nSPS) is 11.1. The molecule has 0 radical (unpaired) electrons. The molecule has 0 unspecified atom stereocenters. The van der Waals surface area contributed by atoms with Crippen molar-refractivity contribution in [2.45, 2.75) is 6.54 Å². The number of aryl methyl sites for hydroxylation is 1. The van der Waals surface area contributed by atoms with Crippen LogP contribution in [-0.2, 0) is 13.6 Å². The fourth-order valence-corrected chi connectivity index (χ4v) is 1.82. The van der Waals surface area contributed by atoms with Crippen LogP contribution in [0.4, 0.5) is 5.82 Å². The second-order valence-electron chi connectivity index (χ2n) is 4.52. The van der Waals surface area contributed by atoms with Gasteiger partial charge in [0.2, 0.25) is 0 Å². The van der Waals surface area contributed by atoms with E-state index >= 15 is 0 Å². The summed E-state index contributed by atoms with van der Waals surface area (Å²) in [7, 11) is 5.97. The summed E-state index contributed by atoms with van der Waals surface area (Å²) in [6.07, 6.45) is 0. The number of anilines is 1. The minimum Gasteiger partial charge on any atom is -0.384 e. The Morgan fingerprint density at radius 1 is 1.29 bits per heavy atom. The molecular weight excluding hydrogens is 212 g/mol. The van der Waals surface area contributed by atoms with Crippen molar-refractivity contribution in [3.63, 3.8) is 0 Å². The maximum atomic E-state index is 5.79. The highest BCUT2D eigenvalue weighted by molar-refractivity contribution is 5.63. The van der Waals surface area contributed by atoms with E-state index in [1.54, 1.807) is 4.68 Å². The molecule has 1 aromatic carbocycles. The number of hydrogen-bond donors (Lipinski definition) is 1. The first kappa shape index (κ1) is 11.7. The van der Waals surface area contributed by atoms with Gasteiger partial charge >= 0.3 is 0 Å². The van der Waals surface area contributed by atoms with Crippen molar-refractivity contribution in [2.24, 2.45) is 7.05 Å². The number of hydrogen-bond acceptors (Lipinski definition) is 3. The Kier molecular flexibility index (Phi) is 3.15. The standard InChI is InChI=1S/C13H18N4/c1-16(2)9-10-5-4-6-11(7-10)12-8-13(14)17(3)15-12/h4-8H,9,14H2,1-3H3. The van der Waals surface area contributed by atoms with E-state index in [0.717, 1.165) is 17.8 Å². The van der Waals surface area contributed by atoms with Gasteiger partial charge in [0.15, 0.2) is 0 Å². The molecule has 90 valence electrons. The monoisotopic (exact) mass is 230 g/mol. The van der Waals surface area contributed by atoms with Crippen LogP contribution < -0.4 is 5.73 Å². The van der Waals surface area contributed by atoms with Crippen LogP contribution in [-0.4, -0.2) is 28.8 Å². The highest BCUT2D eigenvalue weighted by Crippen LogP contribution is 2.21. The topological polar surface area (TPSA) is 47.1 Å². The van der Waals surface area contributed by atoms with Crippen molar-refractivity contribution in [3.8, 4) is 11.3 Å². The molecule has 0 spiro atoms. The van der Waals surface area contributed by atoms with Crippen LogP contribution in [0.1, 0.15) is 5.56 Å². The summed E-state index contributed by atoms with van der Waals surface area (Å²) in [5.41, 5.74) is 9.09. The Labute approximate surface area is 102 Å². The van der Waals surface area contributed by atoms with E-state index in [4.69, 9.17) is 5.73 Å². The van der Waals surface area contributed by atoms with Crippen molar-refractivity contribution in [3.05, 3.63) is 35.9 Å². The largest absolute Gasteiger partial charge is 0.384 e. The van der Waals surface area contributed by atoms with E-state index in [0.29, 0.717) is 5.82 Å². The van der Waals surface area contributed by atoms with Gasteiger partial charge in [0.1, 0.15) is 5.82 Å². The summed E-state index contributed by atoms with van der Waals surface area (Å²) in [6, 6.07) is 10.3. The molecule has 2 aromatic rings. The average molecular weight is 230 g/mol. The van der Waals surface area contributed by atoms with Crippen molar-refractivity contribution in [2.75, 3.05) is 19.8 Å². The van der Waals surface area contributed by atoms with Crippen LogP contribution >= 0.6 is 0 Å². The molecule has 0 fully saturated rings. The second kappa shape index (κ2) is 4.59. The van der Waals surface area contributed by atoms with Crippen molar-refractivity contribution in [1.29, 1.82) is 0 Å². The van der Waals surface area contributed by atoms with Crippen LogP contribution in [0.25, 0.3) is 11.3 Å². The third-order valence-electron chi connectivity index (χ3n) is 2.64. The summed E-state index contributed by atoms with van der Waals surface area (Å²) < 4.78 is 1.69. The van der Waals surface area contributed by atoms with Gasteiger partial charge in [-0.15, -0.1) is 0 Å². The number of nitrogen functional groups attached to an aromatic ring is 1. The van der Waals surface area contributed by atoms with E-state index < -0.39 is 0 Å². The molecule has 0 amide bonds. The predicted molar refractivity (Wildman–Crippen MR) is 70.4 cm³/mol. The first-order valence-corrected chi connectivity index (χ1v) is 5.60. The van der Waals surface area contributed by atoms with Crippen LogP contribution in [0.2, 0.25) is 0 Å². The molecule has 4 heteroatoms. The number of benzene rings is 1. The third kappa shape index (κ3) is 2.65. The van der Waals surface area contributed by atoms with Crippen LogP contribution in [0.15, 0.2) is 30.3 Å². The molecule has 0 atom stereocenters. The van der Waals surface area contributed by atoms with E-state index in [2.05, 4.69) is 48.4 Å². The fraction of sp³-hybridized carbons (Fsp3) is 0.308. The maximum Gasteiger partial charge on any atom is 0.121 e. The minimum absolute atomic E-state index is 0.679. The lowest BCUT2D eigenvalue weighted by atomic mass is 10.1. The first-order chi connectivity index (χ1) is 8.06. The van der Waals surface area contributed by atoms with Crippen LogP contribution in [0.3, 0.4) is 0 Å². The number of rotatable bonds is 3. The average Bonchev–Trinajstić information content (AvgIpc) is 2.59. The molecular formula is C13H18N4. The van der Waals surface area contributed by atoms with Gasteiger partial charge in [-0.3, -0.25) is 4.68 Å². The molecule has 2 N–H and O–H groups in total. The summed E-state index contributed by atoms with van der Waals surface area (Å²) in [4.78, 5) is 2.14. The predicted octanol–water partition coefficient (Wildman–Crippen LogP) is 1.73. The Morgan fingerprint density at radius 2 is 2.06 bits per heavy atom. The van der Waals surface area contributed by atoms with Gasteiger partial charge in [-0.1, -0.05) is 18.2 Å². The Hall–Kier alpha value is -1.81. The number of nitrogens with zero attached hydrogens (tertiary/aromatic N) is 3. The molecule has 0 bridgehead atoms. The van der Waals surface area contributed by atoms with Crippen molar-refractivity contribution >= 4 is 5.82 Å². The van der Waals surface area contributed by atoms with Crippen molar-refractivity contribution < 1.29 is 0 Å². The fourth-order valence-electron chi connectivity index (χ4n) is 1.82. The Balaban J connectivity index is 2.32. The van der Waals surface area contributed by atoms with Crippen molar-refractivity contribution in [1.82, 2.24) is 14.7 Å². The van der Waals surface area contributed by atoms with Gasteiger partial charge in [0.25, 0.3) is 0 Å². The van der Waals surface area contributed by atoms with E-state index in [9.17, 15) is 0 Å². The molecule has 2 rings (SSSR count). The van der Waals surface area contributed by atoms with E-state index in [1.165, 1.54) is 5.56 Å². The van der Waals surface area contributed by atoms with Gasteiger partial charge in [-0.2, -0.15) is 5.10 Å². The Bertz CT molecular complexity index is 494. The molecule has 17 heavy (non-hydrogen) atoms. The zero-order valence-electron chi connectivity index (χ0n) is 10.5. The third-order valence-corrected chi connectivity index (χ3v) is 2.64. The minimum atomic E-state index is 0.679. The first-order valence-electron chi connectivity index (χ1n) is 5.60. The van der Waals surface area contributed by atoms with Gasteiger partial charge in [0.05, 0.1) is 5.69 Å². The quantitative estimate of drug-likeness (QED) is 0.873. The lowest BCUT2D eigenvalue weighted by molar-refractivity contribution is 0.402. The molecule has 0 aliphatic heterocycles.